The molecule has 1 aliphatic rings. The molecule has 1 fully saturated rings. The van der Waals surface area contributed by atoms with Crippen LogP contribution in [0.3, 0.4) is 0 Å². The molecule has 1 amide bonds. The van der Waals surface area contributed by atoms with Crippen LogP contribution in [0.25, 0.3) is 0 Å². The summed E-state index contributed by atoms with van der Waals surface area (Å²) >= 11 is 0. The molecule has 0 bridgehead atoms. The van der Waals surface area contributed by atoms with Gasteiger partial charge < -0.3 is 15.3 Å². The summed E-state index contributed by atoms with van der Waals surface area (Å²) in [5.74, 6) is 0.0581. The van der Waals surface area contributed by atoms with E-state index in [0.29, 0.717) is 12.8 Å². The Hall–Kier alpha value is -0.610. The molecule has 106 valence electrons. The number of carbonyl (C=O) groups excluding carboxylic acids is 1. The molecular weight excluding hydrogens is 228 g/mol. The van der Waals surface area contributed by atoms with E-state index in [9.17, 15) is 4.79 Å². The molecule has 4 nitrogen and oxygen atoms in total. The fourth-order valence-corrected chi connectivity index (χ4v) is 2.68. The van der Waals surface area contributed by atoms with Gasteiger partial charge in [-0.1, -0.05) is 19.3 Å². The first-order valence-electron chi connectivity index (χ1n) is 7.08. The lowest BCUT2D eigenvalue weighted by molar-refractivity contribution is -0.122. The highest BCUT2D eigenvalue weighted by Gasteiger charge is 2.34. The number of nitrogens with zero attached hydrogens (tertiary/aromatic N) is 1. The molecule has 1 rings (SSSR count). The number of amides is 1. The summed E-state index contributed by atoms with van der Waals surface area (Å²) in [7, 11) is 4.21. The van der Waals surface area contributed by atoms with E-state index in [1.165, 1.54) is 19.3 Å². The molecule has 0 spiro atoms. The molecule has 1 unspecified atom stereocenters. The molecule has 1 atom stereocenters. The van der Waals surface area contributed by atoms with Crippen molar-refractivity contribution in [1.82, 2.24) is 10.2 Å². The summed E-state index contributed by atoms with van der Waals surface area (Å²) in [6.45, 7) is 2.45. The summed E-state index contributed by atoms with van der Waals surface area (Å²) in [6, 6.07) is 0. The van der Waals surface area contributed by atoms with Gasteiger partial charge >= 0.3 is 0 Å². The predicted octanol–water partition coefficient (Wildman–Crippen LogP) is 1.53. The van der Waals surface area contributed by atoms with Crippen LogP contribution in [0, 0.1) is 0 Å². The molecule has 4 heteroatoms. The van der Waals surface area contributed by atoms with E-state index in [4.69, 9.17) is 5.11 Å². The minimum Gasteiger partial charge on any atom is -0.393 e. The highest BCUT2D eigenvalue weighted by atomic mass is 16.3. The first-order valence-corrected chi connectivity index (χ1v) is 7.08. The number of hydrogen-bond donors (Lipinski definition) is 2. The zero-order valence-corrected chi connectivity index (χ0v) is 12.0. The van der Waals surface area contributed by atoms with Crippen LogP contribution < -0.4 is 5.32 Å². The van der Waals surface area contributed by atoms with Crippen molar-refractivity contribution in [2.24, 2.45) is 0 Å². The molecular formula is C14H28N2O2. The summed E-state index contributed by atoms with van der Waals surface area (Å²) in [6.07, 6.45) is 6.71. The van der Waals surface area contributed by atoms with Gasteiger partial charge in [-0.2, -0.15) is 0 Å². The molecule has 18 heavy (non-hydrogen) atoms. The van der Waals surface area contributed by atoms with E-state index >= 15 is 0 Å². The Morgan fingerprint density at radius 2 is 1.94 bits per heavy atom. The van der Waals surface area contributed by atoms with Crippen molar-refractivity contribution >= 4 is 5.91 Å². The standard InChI is InChI=1S/C14H28N2O2/c1-12(17)7-8-13(18)15-11-14(16(2)3)9-5-4-6-10-14/h12,17H,4-11H2,1-3H3,(H,15,18). The highest BCUT2D eigenvalue weighted by molar-refractivity contribution is 5.75. The van der Waals surface area contributed by atoms with Gasteiger partial charge in [-0.05, 0) is 40.3 Å². The molecule has 0 heterocycles. The van der Waals surface area contributed by atoms with E-state index in [0.717, 1.165) is 19.4 Å². The zero-order valence-electron chi connectivity index (χ0n) is 12.0. The predicted molar refractivity (Wildman–Crippen MR) is 73.4 cm³/mol. The Balaban J connectivity index is 2.40. The average Bonchev–Trinajstić information content (AvgIpc) is 2.34. The van der Waals surface area contributed by atoms with Gasteiger partial charge in [-0.25, -0.2) is 0 Å². The van der Waals surface area contributed by atoms with Crippen LogP contribution in [-0.4, -0.2) is 48.2 Å². The van der Waals surface area contributed by atoms with Gasteiger partial charge in [0.05, 0.1) is 6.10 Å². The third kappa shape index (κ3) is 4.58. The van der Waals surface area contributed by atoms with Crippen LogP contribution >= 0.6 is 0 Å². The van der Waals surface area contributed by atoms with Gasteiger partial charge in [-0.15, -0.1) is 0 Å². The van der Waals surface area contributed by atoms with Gasteiger partial charge in [0, 0.05) is 18.5 Å². The van der Waals surface area contributed by atoms with Crippen molar-refractivity contribution in [1.29, 1.82) is 0 Å². The topological polar surface area (TPSA) is 52.6 Å². The number of aliphatic hydroxyl groups excluding tert-OH is 1. The summed E-state index contributed by atoms with van der Waals surface area (Å²) < 4.78 is 0. The Labute approximate surface area is 111 Å². The Morgan fingerprint density at radius 3 is 2.44 bits per heavy atom. The second kappa shape index (κ2) is 7.10. The van der Waals surface area contributed by atoms with Crippen LogP contribution in [-0.2, 0) is 4.79 Å². The number of rotatable bonds is 6. The minimum absolute atomic E-state index is 0.0581. The third-order valence-electron chi connectivity index (χ3n) is 4.14. The Bertz CT molecular complexity index is 259. The summed E-state index contributed by atoms with van der Waals surface area (Å²) in [4.78, 5) is 14.0. The Morgan fingerprint density at radius 1 is 1.33 bits per heavy atom. The van der Waals surface area contributed by atoms with Crippen molar-refractivity contribution in [2.45, 2.75) is 63.5 Å². The maximum absolute atomic E-state index is 11.7. The van der Waals surface area contributed by atoms with Gasteiger partial charge in [0.2, 0.25) is 5.91 Å². The van der Waals surface area contributed by atoms with Crippen molar-refractivity contribution < 1.29 is 9.90 Å². The molecule has 0 aromatic carbocycles. The first kappa shape index (κ1) is 15.4. The molecule has 0 saturated heterocycles. The molecule has 0 aromatic rings. The van der Waals surface area contributed by atoms with E-state index in [1.54, 1.807) is 6.92 Å². The first-order chi connectivity index (χ1) is 8.46. The molecule has 1 aliphatic carbocycles. The minimum atomic E-state index is -0.395. The quantitative estimate of drug-likeness (QED) is 0.758. The molecule has 2 N–H and O–H groups in total. The highest BCUT2D eigenvalue weighted by Crippen LogP contribution is 2.31. The lowest BCUT2D eigenvalue weighted by atomic mass is 9.80. The summed E-state index contributed by atoms with van der Waals surface area (Å²) in [5, 5.41) is 12.2. The normalized spacial score (nSPS) is 20.7. The fourth-order valence-electron chi connectivity index (χ4n) is 2.68. The average molecular weight is 256 g/mol. The van der Waals surface area contributed by atoms with E-state index < -0.39 is 6.10 Å². The second-order valence-corrected chi connectivity index (χ2v) is 5.84. The lowest BCUT2D eigenvalue weighted by Gasteiger charge is -2.43. The SMILES string of the molecule is CC(O)CCC(=O)NCC1(N(C)C)CCCCC1. The summed E-state index contributed by atoms with van der Waals surface area (Å²) in [5.41, 5.74) is 0.138. The van der Waals surface area contributed by atoms with Gasteiger partial charge in [0.25, 0.3) is 0 Å². The Kier molecular flexibility index (Phi) is 6.09. The lowest BCUT2D eigenvalue weighted by Crippen LogP contribution is -2.53. The zero-order chi connectivity index (χ0) is 13.6. The number of aliphatic hydroxyl groups is 1. The molecule has 0 radical (unpaired) electrons. The largest absolute Gasteiger partial charge is 0.393 e. The monoisotopic (exact) mass is 256 g/mol. The van der Waals surface area contributed by atoms with Gasteiger partial charge in [0.15, 0.2) is 0 Å². The van der Waals surface area contributed by atoms with Crippen molar-refractivity contribution in [3.05, 3.63) is 0 Å². The maximum atomic E-state index is 11.7. The third-order valence-corrected chi connectivity index (χ3v) is 4.14. The van der Waals surface area contributed by atoms with Gasteiger partial charge in [-0.3, -0.25) is 4.79 Å². The van der Waals surface area contributed by atoms with Crippen molar-refractivity contribution in [3.63, 3.8) is 0 Å². The van der Waals surface area contributed by atoms with E-state index in [-0.39, 0.29) is 11.4 Å². The van der Waals surface area contributed by atoms with E-state index in [1.807, 2.05) is 0 Å². The number of nitrogens with one attached hydrogen (secondary N) is 1. The smallest absolute Gasteiger partial charge is 0.220 e. The molecule has 0 aliphatic heterocycles. The second-order valence-electron chi connectivity index (χ2n) is 5.84. The van der Waals surface area contributed by atoms with Crippen molar-refractivity contribution in [3.8, 4) is 0 Å². The fraction of sp³-hybridized carbons (Fsp3) is 0.929. The number of hydrogen-bond acceptors (Lipinski definition) is 3. The van der Waals surface area contributed by atoms with Crippen LogP contribution in [0.15, 0.2) is 0 Å². The van der Waals surface area contributed by atoms with E-state index in [2.05, 4.69) is 24.3 Å². The number of likely N-dealkylation sites (N-methyl/N-ethyl adjacent to an activating group) is 1. The van der Waals surface area contributed by atoms with Crippen LogP contribution in [0.1, 0.15) is 51.9 Å². The molecule has 0 aromatic heterocycles. The maximum Gasteiger partial charge on any atom is 0.220 e. The number of carbonyl (C=O) groups is 1. The van der Waals surface area contributed by atoms with Gasteiger partial charge in [0.1, 0.15) is 0 Å². The van der Waals surface area contributed by atoms with Crippen LogP contribution in [0.4, 0.5) is 0 Å². The van der Waals surface area contributed by atoms with Crippen LogP contribution in [0.2, 0.25) is 0 Å². The van der Waals surface area contributed by atoms with Crippen LogP contribution in [0.5, 0.6) is 0 Å². The molecule has 1 saturated carbocycles. The van der Waals surface area contributed by atoms with Crippen molar-refractivity contribution in [2.75, 3.05) is 20.6 Å².